The van der Waals surface area contributed by atoms with Crippen molar-refractivity contribution in [3.8, 4) is 0 Å². The summed E-state index contributed by atoms with van der Waals surface area (Å²) >= 11 is 23.3. The summed E-state index contributed by atoms with van der Waals surface area (Å²) < 4.78 is 0. The molecule has 6 nitrogen and oxygen atoms in total. The Balaban J connectivity index is 1.38. The maximum absolute atomic E-state index is 12.8. The average Bonchev–Trinajstić information content (AvgIpc) is 2.84. The number of rotatable bonds is 4. The number of benzene rings is 3. The topological polar surface area (TPSA) is 64.7 Å². The predicted molar refractivity (Wildman–Crippen MR) is 146 cm³/mol. The van der Waals surface area contributed by atoms with Gasteiger partial charge in [-0.15, -0.1) is 0 Å². The normalized spacial score (nSPS) is 13.3. The molecule has 35 heavy (non-hydrogen) atoms. The van der Waals surface area contributed by atoms with Gasteiger partial charge in [0.15, 0.2) is 5.11 Å². The third-order valence-electron chi connectivity index (χ3n) is 5.55. The van der Waals surface area contributed by atoms with Gasteiger partial charge in [-0.1, -0.05) is 46.9 Å². The molecule has 1 saturated heterocycles. The molecule has 0 bridgehead atoms. The van der Waals surface area contributed by atoms with Crippen LogP contribution in [0.1, 0.15) is 20.7 Å². The van der Waals surface area contributed by atoms with E-state index in [1.54, 1.807) is 36.4 Å². The lowest BCUT2D eigenvalue weighted by molar-refractivity contribution is 0.0746. The minimum atomic E-state index is -0.434. The number of nitrogens with one attached hydrogen (secondary N) is 2. The highest BCUT2D eigenvalue weighted by Gasteiger charge is 2.24. The average molecular weight is 548 g/mol. The fraction of sp³-hybridized carbons (Fsp3) is 0.160. The van der Waals surface area contributed by atoms with Crippen LogP contribution >= 0.6 is 47.0 Å². The first-order valence-corrected chi connectivity index (χ1v) is 12.3. The summed E-state index contributed by atoms with van der Waals surface area (Å²) in [6, 6.07) is 19.2. The largest absolute Gasteiger partial charge is 0.366 e. The molecule has 1 aliphatic heterocycles. The first-order chi connectivity index (χ1) is 16.8. The first kappa shape index (κ1) is 25.3. The third kappa shape index (κ3) is 6.24. The van der Waals surface area contributed by atoms with Gasteiger partial charge in [0, 0.05) is 41.8 Å². The molecular weight excluding hydrogens is 527 g/mol. The number of hydrogen-bond donors (Lipinski definition) is 2. The van der Waals surface area contributed by atoms with Crippen molar-refractivity contribution in [3.63, 3.8) is 0 Å². The summed E-state index contributed by atoms with van der Waals surface area (Å²) in [5.41, 5.74) is 2.56. The molecule has 2 amide bonds. The van der Waals surface area contributed by atoms with E-state index in [0.717, 1.165) is 11.4 Å². The Hall–Kier alpha value is -2.84. The van der Waals surface area contributed by atoms with Gasteiger partial charge < -0.3 is 15.1 Å². The quantitative estimate of drug-likeness (QED) is 0.408. The SMILES string of the molecule is O=C(NC(=S)Nc1ccccc1N1CCN(C(=O)c2ccc(Cl)cc2)CC1)c1ccc(Cl)cc1Cl. The molecule has 0 unspecified atom stereocenters. The van der Waals surface area contributed by atoms with Crippen molar-refractivity contribution in [1.29, 1.82) is 0 Å². The number of nitrogens with zero attached hydrogens (tertiary/aromatic N) is 2. The standard InChI is InChI=1S/C25H21Cl3N4O2S/c26-17-7-5-16(6-8-17)24(34)32-13-11-31(12-14-32)22-4-2-1-3-21(22)29-25(35)30-23(33)19-10-9-18(27)15-20(19)28/h1-10,15H,11-14H2,(H2,29,30,33,35). The molecule has 1 fully saturated rings. The van der Waals surface area contributed by atoms with Crippen LogP contribution in [-0.2, 0) is 0 Å². The second-order valence-electron chi connectivity index (χ2n) is 7.84. The van der Waals surface area contributed by atoms with Crippen LogP contribution in [0.5, 0.6) is 0 Å². The molecule has 3 aromatic rings. The Morgan fingerprint density at radius 2 is 1.49 bits per heavy atom. The first-order valence-electron chi connectivity index (χ1n) is 10.8. The number of para-hydroxylation sites is 2. The van der Waals surface area contributed by atoms with Crippen LogP contribution in [0.3, 0.4) is 0 Å². The molecule has 1 aliphatic rings. The summed E-state index contributed by atoms with van der Waals surface area (Å²) in [5, 5.41) is 7.17. The van der Waals surface area contributed by atoms with Crippen LogP contribution < -0.4 is 15.5 Å². The lowest BCUT2D eigenvalue weighted by Crippen LogP contribution is -2.49. The Morgan fingerprint density at radius 3 is 2.17 bits per heavy atom. The van der Waals surface area contributed by atoms with Gasteiger partial charge in [-0.25, -0.2) is 0 Å². The van der Waals surface area contributed by atoms with E-state index in [-0.39, 0.29) is 21.6 Å². The smallest absolute Gasteiger partial charge is 0.258 e. The van der Waals surface area contributed by atoms with Gasteiger partial charge in [-0.2, -0.15) is 0 Å². The molecule has 1 heterocycles. The lowest BCUT2D eigenvalue weighted by atomic mass is 10.1. The lowest BCUT2D eigenvalue weighted by Gasteiger charge is -2.37. The van der Waals surface area contributed by atoms with Crippen molar-refractivity contribution in [2.45, 2.75) is 0 Å². The van der Waals surface area contributed by atoms with Crippen molar-refractivity contribution in [1.82, 2.24) is 10.2 Å². The molecule has 0 saturated carbocycles. The van der Waals surface area contributed by atoms with Crippen LogP contribution in [0, 0.1) is 0 Å². The van der Waals surface area contributed by atoms with Gasteiger partial charge in [0.1, 0.15) is 0 Å². The number of anilines is 2. The van der Waals surface area contributed by atoms with Crippen molar-refractivity contribution in [2.75, 3.05) is 36.4 Å². The zero-order chi connectivity index (χ0) is 24.9. The Bertz CT molecular complexity index is 1260. The molecule has 0 atom stereocenters. The maximum atomic E-state index is 12.8. The highest BCUT2D eigenvalue weighted by molar-refractivity contribution is 7.80. The number of carbonyl (C=O) groups excluding carboxylic acids is 2. The second-order valence-corrected chi connectivity index (χ2v) is 9.52. The molecule has 180 valence electrons. The summed E-state index contributed by atoms with van der Waals surface area (Å²) in [6.07, 6.45) is 0. The zero-order valence-electron chi connectivity index (χ0n) is 18.4. The van der Waals surface area contributed by atoms with E-state index in [4.69, 9.17) is 47.0 Å². The van der Waals surface area contributed by atoms with Gasteiger partial charge in [-0.05, 0) is 66.8 Å². The predicted octanol–water partition coefficient (Wildman–Crippen LogP) is 5.74. The molecule has 4 rings (SSSR count). The number of amides is 2. The van der Waals surface area contributed by atoms with Crippen LogP contribution in [0.25, 0.3) is 0 Å². The number of carbonyl (C=O) groups is 2. The van der Waals surface area contributed by atoms with Crippen LogP contribution in [0.2, 0.25) is 15.1 Å². The van der Waals surface area contributed by atoms with E-state index in [1.807, 2.05) is 29.2 Å². The summed E-state index contributed by atoms with van der Waals surface area (Å²) in [5.74, 6) is -0.451. The summed E-state index contributed by atoms with van der Waals surface area (Å²) in [7, 11) is 0. The minimum Gasteiger partial charge on any atom is -0.366 e. The molecule has 10 heteroatoms. The van der Waals surface area contributed by atoms with Gasteiger partial charge in [0.05, 0.1) is 22.0 Å². The molecule has 0 spiro atoms. The minimum absolute atomic E-state index is 0.0162. The molecule has 0 radical (unpaired) electrons. The van der Waals surface area contributed by atoms with Gasteiger partial charge in [-0.3, -0.25) is 14.9 Å². The monoisotopic (exact) mass is 546 g/mol. The van der Waals surface area contributed by atoms with E-state index >= 15 is 0 Å². The van der Waals surface area contributed by atoms with E-state index in [0.29, 0.717) is 41.8 Å². The zero-order valence-corrected chi connectivity index (χ0v) is 21.5. The number of piperazine rings is 1. The van der Waals surface area contributed by atoms with Gasteiger partial charge >= 0.3 is 0 Å². The fourth-order valence-corrected chi connectivity index (χ4v) is 4.60. The highest BCUT2D eigenvalue weighted by atomic mass is 35.5. The molecule has 0 aromatic heterocycles. The van der Waals surface area contributed by atoms with Crippen molar-refractivity contribution >= 4 is 75.3 Å². The van der Waals surface area contributed by atoms with Gasteiger partial charge in [0.25, 0.3) is 11.8 Å². The van der Waals surface area contributed by atoms with E-state index in [1.165, 1.54) is 6.07 Å². The van der Waals surface area contributed by atoms with Crippen molar-refractivity contribution < 1.29 is 9.59 Å². The molecule has 0 aliphatic carbocycles. The second kappa shape index (κ2) is 11.3. The number of halogens is 3. The fourth-order valence-electron chi connectivity index (χ4n) is 3.78. The Kier molecular flexibility index (Phi) is 8.13. The van der Waals surface area contributed by atoms with E-state index in [9.17, 15) is 9.59 Å². The highest BCUT2D eigenvalue weighted by Crippen LogP contribution is 2.27. The Labute approximate surface area is 223 Å². The van der Waals surface area contributed by atoms with E-state index < -0.39 is 5.91 Å². The number of thiocarbonyl (C=S) groups is 1. The third-order valence-corrected chi connectivity index (χ3v) is 6.56. The van der Waals surface area contributed by atoms with Crippen LogP contribution in [0.15, 0.2) is 66.7 Å². The summed E-state index contributed by atoms with van der Waals surface area (Å²) in [6.45, 7) is 2.45. The van der Waals surface area contributed by atoms with Crippen LogP contribution in [0.4, 0.5) is 11.4 Å². The Morgan fingerprint density at radius 1 is 0.829 bits per heavy atom. The van der Waals surface area contributed by atoms with Crippen molar-refractivity contribution in [2.24, 2.45) is 0 Å². The molecular formula is C25H21Cl3N4O2S. The van der Waals surface area contributed by atoms with Crippen LogP contribution in [-0.4, -0.2) is 48.0 Å². The molecule has 3 aromatic carbocycles. The maximum Gasteiger partial charge on any atom is 0.258 e. The van der Waals surface area contributed by atoms with Gasteiger partial charge in [0.2, 0.25) is 0 Å². The van der Waals surface area contributed by atoms with E-state index in [2.05, 4.69) is 15.5 Å². The summed E-state index contributed by atoms with van der Waals surface area (Å²) in [4.78, 5) is 29.4. The van der Waals surface area contributed by atoms with Crippen molar-refractivity contribution in [3.05, 3.63) is 92.9 Å². The number of hydrogen-bond acceptors (Lipinski definition) is 4. The molecule has 2 N–H and O–H groups in total.